The lowest BCUT2D eigenvalue weighted by molar-refractivity contribution is 0.0926. The van der Waals surface area contributed by atoms with E-state index in [-0.39, 0.29) is 11.7 Å². The van der Waals surface area contributed by atoms with E-state index in [0.717, 1.165) is 22.6 Å². The van der Waals surface area contributed by atoms with Crippen molar-refractivity contribution in [2.75, 3.05) is 0 Å². The zero-order valence-electron chi connectivity index (χ0n) is 14.8. The van der Waals surface area contributed by atoms with Gasteiger partial charge in [-0.1, -0.05) is 18.2 Å². The Balaban J connectivity index is 1.81. The minimum Gasteiger partial charge on any atom is -0.456 e. The van der Waals surface area contributed by atoms with Gasteiger partial charge in [0.15, 0.2) is 5.76 Å². The van der Waals surface area contributed by atoms with Crippen LogP contribution < -0.4 is 5.43 Å². The van der Waals surface area contributed by atoms with Crippen molar-refractivity contribution in [3.63, 3.8) is 0 Å². The molecule has 3 aromatic rings. The quantitative estimate of drug-likeness (QED) is 0.577. The molecule has 0 fully saturated rings. The second-order valence-corrected chi connectivity index (χ2v) is 6.06. The molecule has 2 aromatic heterocycles. The summed E-state index contributed by atoms with van der Waals surface area (Å²) in [7, 11) is 0. The fourth-order valence-electron chi connectivity index (χ4n) is 2.88. The van der Waals surface area contributed by atoms with Crippen molar-refractivity contribution in [1.82, 2.24) is 9.99 Å². The van der Waals surface area contributed by atoms with Gasteiger partial charge in [0.1, 0.15) is 5.76 Å². The van der Waals surface area contributed by atoms with Crippen molar-refractivity contribution in [1.29, 1.82) is 0 Å². The largest absolute Gasteiger partial charge is 0.456 e. The monoisotopic (exact) mass is 335 g/mol. The van der Waals surface area contributed by atoms with Gasteiger partial charge < -0.3 is 8.98 Å². The van der Waals surface area contributed by atoms with Crippen molar-refractivity contribution >= 4 is 12.1 Å². The lowest BCUT2D eigenvalue weighted by Crippen LogP contribution is -2.16. The van der Waals surface area contributed by atoms with Gasteiger partial charge in [-0.15, -0.1) is 0 Å². The van der Waals surface area contributed by atoms with Crippen molar-refractivity contribution in [2.24, 2.45) is 5.10 Å². The number of nitrogens with zero attached hydrogens (tertiary/aromatic N) is 2. The lowest BCUT2D eigenvalue weighted by atomic mass is 10.2. The lowest BCUT2D eigenvalue weighted by Gasteiger charge is -2.12. The highest BCUT2D eigenvalue weighted by Gasteiger charge is 2.12. The van der Waals surface area contributed by atoms with E-state index in [1.165, 1.54) is 5.56 Å². The van der Waals surface area contributed by atoms with Crippen LogP contribution in [0.2, 0.25) is 0 Å². The van der Waals surface area contributed by atoms with E-state index < -0.39 is 0 Å². The highest BCUT2D eigenvalue weighted by Crippen LogP contribution is 2.22. The number of benzene rings is 1. The van der Waals surface area contributed by atoms with Crippen LogP contribution in [0.15, 0.2) is 52.0 Å². The SMILES string of the molecule is Cc1ccc(C(=O)N/N=C\c2cc(C)n(-c3ccccc3C)c2C)o1. The molecule has 3 rings (SSSR count). The minimum absolute atomic E-state index is 0.250. The predicted octanol–water partition coefficient (Wildman–Crippen LogP) is 4.07. The molecular weight excluding hydrogens is 314 g/mol. The number of furan rings is 1. The van der Waals surface area contributed by atoms with E-state index in [0.29, 0.717) is 5.76 Å². The number of hydrogen-bond donors (Lipinski definition) is 1. The Labute approximate surface area is 147 Å². The summed E-state index contributed by atoms with van der Waals surface area (Å²) in [5.74, 6) is 0.577. The average Bonchev–Trinajstić information content (AvgIpc) is 3.12. The normalized spacial score (nSPS) is 11.2. The predicted molar refractivity (Wildman–Crippen MR) is 98.5 cm³/mol. The summed E-state index contributed by atoms with van der Waals surface area (Å²) < 4.78 is 7.46. The summed E-state index contributed by atoms with van der Waals surface area (Å²) in [6, 6.07) is 13.7. The first-order chi connectivity index (χ1) is 12.0. The van der Waals surface area contributed by atoms with Crippen molar-refractivity contribution in [3.05, 3.63) is 76.5 Å². The van der Waals surface area contributed by atoms with Crippen LogP contribution in [0.1, 0.15) is 38.8 Å². The number of aryl methyl sites for hydroxylation is 3. The van der Waals surface area contributed by atoms with E-state index in [1.807, 2.05) is 19.1 Å². The number of aromatic nitrogens is 1. The van der Waals surface area contributed by atoms with Crippen LogP contribution in [-0.4, -0.2) is 16.7 Å². The van der Waals surface area contributed by atoms with E-state index in [1.54, 1.807) is 25.3 Å². The van der Waals surface area contributed by atoms with Crippen LogP contribution in [0.4, 0.5) is 0 Å². The molecule has 25 heavy (non-hydrogen) atoms. The topological polar surface area (TPSA) is 59.5 Å². The molecule has 128 valence electrons. The van der Waals surface area contributed by atoms with Crippen LogP contribution in [-0.2, 0) is 0 Å². The first-order valence-corrected chi connectivity index (χ1v) is 8.12. The van der Waals surface area contributed by atoms with Crippen LogP contribution in [0, 0.1) is 27.7 Å². The number of carbonyl (C=O) groups is 1. The number of amides is 1. The molecule has 0 aliphatic heterocycles. The molecule has 0 atom stereocenters. The van der Waals surface area contributed by atoms with Gasteiger partial charge in [-0.3, -0.25) is 4.79 Å². The summed E-state index contributed by atoms with van der Waals surface area (Å²) in [6.07, 6.45) is 1.66. The van der Waals surface area contributed by atoms with Gasteiger partial charge in [0.05, 0.1) is 6.21 Å². The van der Waals surface area contributed by atoms with Gasteiger partial charge >= 0.3 is 5.91 Å². The number of hydrazone groups is 1. The van der Waals surface area contributed by atoms with E-state index in [9.17, 15) is 4.79 Å². The summed E-state index contributed by atoms with van der Waals surface area (Å²) in [4.78, 5) is 11.9. The molecule has 0 aliphatic carbocycles. The second kappa shape index (κ2) is 6.81. The maximum atomic E-state index is 11.9. The molecule has 1 aromatic carbocycles. The summed E-state index contributed by atoms with van der Waals surface area (Å²) >= 11 is 0. The Morgan fingerprint density at radius 1 is 1.12 bits per heavy atom. The van der Waals surface area contributed by atoms with Crippen molar-refractivity contribution in [3.8, 4) is 5.69 Å². The Morgan fingerprint density at radius 2 is 1.88 bits per heavy atom. The van der Waals surface area contributed by atoms with Gasteiger partial charge in [-0.25, -0.2) is 5.43 Å². The Bertz CT molecular complexity index is 948. The maximum absolute atomic E-state index is 11.9. The van der Waals surface area contributed by atoms with Gasteiger partial charge in [-0.2, -0.15) is 5.10 Å². The molecule has 0 unspecified atom stereocenters. The Kier molecular flexibility index (Phi) is 4.57. The Morgan fingerprint density at radius 3 is 2.56 bits per heavy atom. The van der Waals surface area contributed by atoms with Gasteiger partial charge in [0.2, 0.25) is 0 Å². The third kappa shape index (κ3) is 3.40. The molecule has 0 radical (unpaired) electrons. The summed E-state index contributed by atoms with van der Waals surface area (Å²) in [5, 5.41) is 4.06. The molecule has 1 amide bonds. The van der Waals surface area contributed by atoms with Crippen LogP contribution in [0.25, 0.3) is 5.69 Å². The Hall–Kier alpha value is -3.08. The standard InChI is InChI=1S/C20H21N3O2/c1-13-7-5-6-8-18(13)23-14(2)11-17(16(23)4)12-21-22-20(24)19-10-9-15(3)25-19/h5-12H,1-4H3,(H,22,24)/b21-12-. The molecule has 0 saturated carbocycles. The molecule has 5 nitrogen and oxygen atoms in total. The smallest absolute Gasteiger partial charge is 0.307 e. The number of rotatable bonds is 4. The van der Waals surface area contributed by atoms with Gasteiger partial charge in [0.25, 0.3) is 0 Å². The zero-order valence-corrected chi connectivity index (χ0v) is 14.8. The molecule has 5 heteroatoms. The third-order valence-corrected chi connectivity index (χ3v) is 4.16. The molecule has 0 aliphatic rings. The molecule has 2 heterocycles. The first-order valence-electron chi connectivity index (χ1n) is 8.12. The van der Waals surface area contributed by atoms with E-state index >= 15 is 0 Å². The van der Waals surface area contributed by atoms with Crippen molar-refractivity contribution in [2.45, 2.75) is 27.7 Å². The third-order valence-electron chi connectivity index (χ3n) is 4.16. The average molecular weight is 335 g/mol. The minimum atomic E-state index is -0.364. The van der Waals surface area contributed by atoms with E-state index in [4.69, 9.17) is 4.42 Å². The fraction of sp³-hybridized carbons (Fsp3) is 0.200. The molecule has 0 bridgehead atoms. The second-order valence-electron chi connectivity index (χ2n) is 6.06. The maximum Gasteiger partial charge on any atom is 0.307 e. The summed E-state index contributed by atoms with van der Waals surface area (Å²) in [5.41, 5.74) is 7.98. The molecule has 0 spiro atoms. The summed E-state index contributed by atoms with van der Waals surface area (Å²) in [6.45, 7) is 7.98. The fourth-order valence-corrected chi connectivity index (χ4v) is 2.88. The number of nitrogens with one attached hydrogen (secondary N) is 1. The van der Waals surface area contributed by atoms with Crippen LogP contribution in [0.5, 0.6) is 0 Å². The highest BCUT2D eigenvalue weighted by atomic mass is 16.3. The first kappa shape index (κ1) is 16.8. The number of para-hydroxylation sites is 1. The molecular formula is C20H21N3O2. The van der Waals surface area contributed by atoms with Crippen molar-refractivity contribution < 1.29 is 9.21 Å². The molecule has 1 N–H and O–H groups in total. The van der Waals surface area contributed by atoms with Crippen LogP contribution >= 0.6 is 0 Å². The molecule has 0 saturated heterocycles. The van der Waals surface area contributed by atoms with E-state index in [2.05, 4.69) is 47.1 Å². The van der Waals surface area contributed by atoms with Gasteiger partial charge in [0, 0.05) is 22.6 Å². The van der Waals surface area contributed by atoms with Crippen LogP contribution in [0.3, 0.4) is 0 Å². The zero-order chi connectivity index (χ0) is 18.0. The highest BCUT2D eigenvalue weighted by molar-refractivity contribution is 5.92. The number of carbonyl (C=O) groups excluding carboxylic acids is 1. The van der Waals surface area contributed by atoms with Gasteiger partial charge in [-0.05, 0) is 57.5 Å². The number of hydrogen-bond acceptors (Lipinski definition) is 3.